The molecule has 0 aromatic rings. The minimum Gasteiger partial charge on any atom is -0.466 e. The molecule has 10 nitrogen and oxygen atoms in total. The van der Waals surface area contributed by atoms with E-state index in [9.17, 15) is 14.7 Å². The van der Waals surface area contributed by atoms with Crippen molar-refractivity contribution in [2.75, 3.05) is 65.9 Å². The van der Waals surface area contributed by atoms with Gasteiger partial charge in [0, 0.05) is 45.9 Å². The zero-order valence-corrected chi connectivity index (χ0v) is 44.6. The molecule has 0 amide bonds. The second kappa shape index (κ2) is 55.6. The molecule has 0 aliphatic carbocycles. The fourth-order valence-electron chi connectivity index (χ4n) is 7.59. The summed E-state index contributed by atoms with van der Waals surface area (Å²) < 4.78 is 35.6. The quantitative estimate of drug-likeness (QED) is 0.0274. The highest BCUT2D eigenvalue weighted by Gasteiger charge is 2.14. The summed E-state index contributed by atoms with van der Waals surface area (Å²) in [5.41, 5.74) is 0. The van der Waals surface area contributed by atoms with E-state index >= 15 is 0 Å². The summed E-state index contributed by atoms with van der Waals surface area (Å²) >= 11 is 0. The average molecular weight is 962 g/mol. The fraction of sp³-hybridized carbons (Fsp3) is 0.828. The van der Waals surface area contributed by atoms with Gasteiger partial charge in [-0.05, 0) is 187 Å². The maximum absolute atomic E-state index is 12.5. The number of aliphatic hydroxyl groups excluding tert-OH is 1. The Balaban J connectivity index is 4.32. The van der Waals surface area contributed by atoms with Gasteiger partial charge in [0.05, 0.1) is 13.2 Å². The Morgan fingerprint density at radius 3 is 1.01 bits per heavy atom. The third-order valence-corrected chi connectivity index (χ3v) is 11.7. The molecule has 0 saturated carbocycles. The zero-order valence-electron chi connectivity index (χ0n) is 44.6. The number of allylic oxidation sites excluding steroid dienone is 8. The molecule has 0 rings (SSSR count). The van der Waals surface area contributed by atoms with Crippen molar-refractivity contribution in [2.24, 2.45) is 0 Å². The first-order valence-electron chi connectivity index (χ1n) is 28.2. The van der Waals surface area contributed by atoms with Crippen LogP contribution in [0.25, 0.3) is 0 Å². The van der Waals surface area contributed by atoms with Crippen molar-refractivity contribution in [3.05, 3.63) is 48.6 Å². The molecular formula is C58H107NO9. The van der Waals surface area contributed by atoms with Gasteiger partial charge in [-0.1, -0.05) is 102 Å². The summed E-state index contributed by atoms with van der Waals surface area (Å²) in [5, 5.41) is 9.35. The molecule has 0 aromatic carbocycles. The van der Waals surface area contributed by atoms with Crippen LogP contribution in [0.3, 0.4) is 0 Å². The van der Waals surface area contributed by atoms with Crippen molar-refractivity contribution in [2.45, 2.75) is 246 Å². The van der Waals surface area contributed by atoms with Gasteiger partial charge in [-0.3, -0.25) is 9.59 Å². The van der Waals surface area contributed by atoms with Crippen molar-refractivity contribution in [1.82, 2.24) is 4.90 Å². The first-order chi connectivity index (χ1) is 33.5. The van der Waals surface area contributed by atoms with Crippen LogP contribution >= 0.6 is 0 Å². The van der Waals surface area contributed by atoms with Gasteiger partial charge in [-0.15, -0.1) is 0 Å². The van der Waals surface area contributed by atoms with E-state index in [4.69, 9.17) is 28.4 Å². The number of rotatable bonds is 54. The maximum Gasteiger partial charge on any atom is 0.305 e. The van der Waals surface area contributed by atoms with Gasteiger partial charge in [0.15, 0.2) is 12.6 Å². The molecule has 1 N–H and O–H groups in total. The zero-order chi connectivity index (χ0) is 49.5. The third kappa shape index (κ3) is 50.1. The topological polar surface area (TPSA) is 113 Å². The largest absolute Gasteiger partial charge is 0.466 e. The highest BCUT2D eigenvalue weighted by molar-refractivity contribution is 5.69. The number of ether oxygens (including phenoxy) is 6. The number of carbonyl (C=O) groups excluding carboxylic acids is 2. The smallest absolute Gasteiger partial charge is 0.305 e. The van der Waals surface area contributed by atoms with Gasteiger partial charge < -0.3 is 38.4 Å². The molecule has 0 unspecified atom stereocenters. The number of nitrogens with zero attached hydrogens (tertiary/aromatic N) is 1. The predicted octanol–water partition coefficient (Wildman–Crippen LogP) is 14.9. The van der Waals surface area contributed by atoms with Crippen LogP contribution in [0.4, 0.5) is 0 Å². The normalized spacial score (nSPS) is 12.2. The molecule has 0 fully saturated rings. The highest BCUT2D eigenvalue weighted by Crippen LogP contribution is 2.14. The molecule has 0 atom stereocenters. The molecule has 0 aliphatic heterocycles. The van der Waals surface area contributed by atoms with Crippen LogP contribution in [-0.4, -0.2) is 100 Å². The Labute approximate surface area is 418 Å². The summed E-state index contributed by atoms with van der Waals surface area (Å²) in [7, 11) is 0. The van der Waals surface area contributed by atoms with Gasteiger partial charge in [0.25, 0.3) is 0 Å². The number of unbranched alkanes of at least 4 members (excludes halogenated alkanes) is 15. The SMILES string of the molecule is CC/C=C\CCCCOC(CCCC(=O)OCCCCCCN(CCCCO)CCCCCCOC(=O)CCCC(OCCCC/C=C\CC)OCCCC/C=C\CC)OCCCC/C=C\CC. The summed E-state index contributed by atoms with van der Waals surface area (Å²) in [6.45, 7) is 15.6. The third-order valence-electron chi connectivity index (χ3n) is 11.7. The Morgan fingerprint density at radius 1 is 0.382 bits per heavy atom. The average Bonchev–Trinajstić information content (AvgIpc) is 3.33. The van der Waals surface area contributed by atoms with E-state index < -0.39 is 0 Å². The molecule has 0 radical (unpaired) electrons. The van der Waals surface area contributed by atoms with Crippen molar-refractivity contribution in [3.63, 3.8) is 0 Å². The lowest BCUT2D eigenvalue weighted by Crippen LogP contribution is -2.27. The lowest BCUT2D eigenvalue weighted by atomic mass is 10.1. The van der Waals surface area contributed by atoms with Crippen LogP contribution in [0, 0.1) is 0 Å². The molecular weight excluding hydrogens is 855 g/mol. The molecule has 68 heavy (non-hydrogen) atoms. The number of esters is 2. The Kier molecular flexibility index (Phi) is 53.7. The van der Waals surface area contributed by atoms with E-state index in [-0.39, 0.29) is 31.1 Å². The molecule has 0 aromatic heterocycles. The van der Waals surface area contributed by atoms with Gasteiger partial charge in [0.1, 0.15) is 0 Å². The Hall–Kier alpha value is -2.34. The van der Waals surface area contributed by atoms with Crippen LogP contribution in [0.2, 0.25) is 0 Å². The van der Waals surface area contributed by atoms with Crippen LogP contribution < -0.4 is 0 Å². The van der Waals surface area contributed by atoms with Crippen LogP contribution in [-0.2, 0) is 38.0 Å². The van der Waals surface area contributed by atoms with E-state index in [2.05, 4.69) is 81.2 Å². The van der Waals surface area contributed by atoms with Crippen molar-refractivity contribution >= 4 is 11.9 Å². The van der Waals surface area contributed by atoms with Crippen LogP contribution in [0.15, 0.2) is 48.6 Å². The van der Waals surface area contributed by atoms with Crippen molar-refractivity contribution in [3.8, 4) is 0 Å². The minimum atomic E-state index is -0.266. The Bertz CT molecular complexity index is 1040. The van der Waals surface area contributed by atoms with Crippen molar-refractivity contribution in [1.29, 1.82) is 0 Å². The first kappa shape index (κ1) is 65.7. The van der Waals surface area contributed by atoms with E-state index in [1.165, 1.54) is 0 Å². The van der Waals surface area contributed by atoms with Gasteiger partial charge >= 0.3 is 11.9 Å². The molecule has 0 aliphatic rings. The monoisotopic (exact) mass is 962 g/mol. The summed E-state index contributed by atoms with van der Waals surface area (Å²) in [6.07, 6.45) is 48.1. The summed E-state index contributed by atoms with van der Waals surface area (Å²) in [4.78, 5) is 27.6. The molecule has 10 heteroatoms. The molecule has 0 heterocycles. The van der Waals surface area contributed by atoms with E-state index in [1.54, 1.807) is 0 Å². The summed E-state index contributed by atoms with van der Waals surface area (Å²) in [5.74, 6) is -0.264. The lowest BCUT2D eigenvalue weighted by Gasteiger charge is -2.22. The van der Waals surface area contributed by atoms with E-state index in [0.29, 0.717) is 78.2 Å². The van der Waals surface area contributed by atoms with Crippen LogP contribution in [0.5, 0.6) is 0 Å². The Morgan fingerprint density at radius 2 is 0.691 bits per heavy atom. The number of aliphatic hydroxyl groups is 1. The first-order valence-corrected chi connectivity index (χ1v) is 28.2. The minimum absolute atomic E-state index is 0.132. The molecule has 0 spiro atoms. The summed E-state index contributed by atoms with van der Waals surface area (Å²) in [6, 6.07) is 0. The van der Waals surface area contributed by atoms with Crippen molar-refractivity contribution < 1.29 is 43.1 Å². The highest BCUT2D eigenvalue weighted by atomic mass is 16.7. The molecule has 0 saturated heterocycles. The van der Waals surface area contributed by atoms with Crippen LogP contribution in [0.1, 0.15) is 233 Å². The van der Waals surface area contributed by atoms with Gasteiger partial charge in [-0.25, -0.2) is 0 Å². The lowest BCUT2D eigenvalue weighted by molar-refractivity contribution is -0.152. The fourth-order valence-corrected chi connectivity index (χ4v) is 7.59. The van der Waals surface area contributed by atoms with Gasteiger partial charge in [-0.2, -0.15) is 0 Å². The number of carbonyl (C=O) groups is 2. The van der Waals surface area contributed by atoms with E-state index in [1.807, 2.05) is 0 Å². The van der Waals surface area contributed by atoms with Gasteiger partial charge in [0.2, 0.25) is 0 Å². The molecule has 398 valence electrons. The molecule has 0 bridgehead atoms. The number of hydrogen-bond donors (Lipinski definition) is 1. The predicted molar refractivity (Wildman–Crippen MR) is 284 cm³/mol. The second-order valence-electron chi connectivity index (χ2n) is 18.2. The second-order valence-corrected chi connectivity index (χ2v) is 18.2. The number of hydrogen-bond acceptors (Lipinski definition) is 10. The van der Waals surface area contributed by atoms with E-state index in [0.717, 1.165) is 187 Å². The standard InChI is InChI=1S/C58H107NO9/c1-5-9-13-17-23-35-51-65-57(66-52-36-24-18-14-10-6-2)43-39-41-55(61)63-49-33-27-21-29-45-59(47-31-32-48-60)46-30-22-28-34-50-64-56(62)42-40-44-58(67-53-37-25-19-15-11-7-3)68-54-38-26-20-16-12-8-4/h9-16,57-58,60H,5-8,17-54H2,1-4H3/b13-9-,14-10-,15-11-,16-12-. The maximum atomic E-state index is 12.5.